The Morgan fingerprint density at radius 3 is 2.32 bits per heavy atom. The Hall–Kier alpha value is -1.94. The van der Waals surface area contributed by atoms with Gasteiger partial charge >= 0.3 is 5.97 Å². The van der Waals surface area contributed by atoms with E-state index in [-0.39, 0.29) is 5.78 Å². The van der Waals surface area contributed by atoms with Gasteiger partial charge in [-0.25, -0.2) is 4.79 Å². The lowest BCUT2D eigenvalue weighted by Crippen LogP contribution is -2.35. The van der Waals surface area contributed by atoms with Gasteiger partial charge in [0.05, 0.1) is 11.7 Å². The zero-order chi connectivity index (χ0) is 19.0. The second-order valence-corrected chi connectivity index (χ2v) is 6.73. The van der Waals surface area contributed by atoms with Crippen molar-refractivity contribution in [3.05, 3.63) is 47.5 Å². The standard InChI is InChI=1S/C21H30O4/c1-6-10-14(2)13-15(3)19(22)16(4)20(23)17(5)25-21(24)18-11-8-7-9-12-18/h7-9,11-14,16-17,19,22H,6,10H2,1-5H3/b15-13+/t14-,16-,17+,19-/m1/s1. The topological polar surface area (TPSA) is 63.6 Å². The minimum absolute atomic E-state index is 0.285. The first-order valence-corrected chi connectivity index (χ1v) is 8.94. The molecule has 1 rings (SSSR count). The van der Waals surface area contributed by atoms with Crippen molar-refractivity contribution < 1.29 is 19.4 Å². The fourth-order valence-corrected chi connectivity index (χ4v) is 2.87. The van der Waals surface area contributed by atoms with E-state index in [9.17, 15) is 14.7 Å². The summed E-state index contributed by atoms with van der Waals surface area (Å²) in [7, 11) is 0. The van der Waals surface area contributed by atoms with Crippen molar-refractivity contribution in [2.75, 3.05) is 0 Å². The quantitative estimate of drug-likeness (QED) is 0.538. The summed E-state index contributed by atoms with van der Waals surface area (Å²) >= 11 is 0. The Kier molecular flexibility index (Phi) is 8.56. The van der Waals surface area contributed by atoms with Crippen LogP contribution in [0.4, 0.5) is 0 Å². The van der Waals surface area contributed by atoms with E-state index in [2.05, 4.69) is 13.8 Å². The van der Waals surface area contributed by atoms with E-state index in [1.54, 1.807) is 44.2 Å². The fourth-order valence-electron chi connectivity index (χ4n) is 2.87. The van der Waals surface area contributed by atoms with Crippen LogP contribution in [0, 0.1) is 11.8 Å². The number of esters is 1. The number of ether oxygens (including phenoxy) is 1. The van der Waals surface area contributed by atoms with E-state index in [0.717, 1.165) is 18.4 Å². The van der Waals surface area contributed by atoms with Gasteiger partial charge in [-0.05, 0) is 43.9 Å². The number of rotatable bonds is 9. The lowest BCUT2D eigenvalue weighted by Gasteiger charge is -2.22. The molecule has 0 saturated carbocycles. The summed E-state index contributed by atoms with van der Waals surface area (Å²) in [5.41, 5.74) is 1.18. The van der Waals surface area contributed by atoms with Crippen LogP contribution < -0.4 is 0 Å². The molecule has 4 nitrogen and oxygen atoms in total. The molecule has 0 amide bonds. The van der Waals surface area contributed by atoms with E-state index in [4.69, 9.17) is 4.74 Å². The van der Waals surface area contributed by atoms with Crippen molar-refractivity contribution in [1.82, 2.24) is 0 Å². The predicted molar refractivity (Wildman–Crippen MR) is 99.3 cm³/mol. The number of Topliss-reactive ketones (excluding diaryl/α,β-unsaturated/α-hetero) is 1. The zero-order valence-electron chi connectivity index (χ0n) is 15.9. The molecular weight excluding hydrogens is 316 g/mol. The van der Waals surface area contributed by atoms with Crippen molar-refractivity contribution in [2.24, 2.45) is 11.8 Å². The van der Waals surface area contributed by atoms with Gasteiger partial charge in [-0.3, -0.25) is 4.79 Å². The number of benzene rings is 1. The molecule has 0 aromatic heterocycles. The molecule has 138 valence electrons. The highest BCUT2D eigenvalue weighted by Crippen LogP contribution is 2.19. The minimum Gasteiger partial charge on any atom is -0.451 e. The summed E-state index contributed by atoms with van der Waals surface area (Å²) in [6.07, 6.45) is 2.35. The fraction of sp³-hybridized carbons (Fsp3) is 0.524. The maximum Gasteiger partial charge on any atom is 0.338 e. The number of allylic oxidation sites excluding steroid dienone is 1. The van der Waals surface area contributed by atoms with Crippen LogP contribution in [0.1, 0.15) is 57.8 Å². The van der Waals surface area contributed by atoms with Gasteiger partial charge in [0.1, 0.15) is 0 Å². The van der Waals surface area contributed by atoms with Gasteiger partial charge in [-0.1, -0.05) is 51.5 Å². The Bertz CT molecular complexity index is 591. The largest absolute Gasteiger partial charge is 0.451 e. The van der Waals surface area contributed by atoms with E-state index >= 15 is 0 Å². The molecule has 1 aromatic carbocycles. The molecule has 1 aromatic rings. The highest BCUT2D eigenvalue weighted by molar-refractivity contribution is 5.93. The van der Waals surface area contributed by atoms with E-state index in [1.807, 2.05) is 13.0 Å². The molecule has 0 heterocycles. The third-order valence-corrected chi connectivity index (χ3v) is 4.37. The van der Waals surface area contributed by atoms with Crippen LogP contribution in [0.3, 0.4) is 0 Å². The van der Waals surface area contributed by atoms with Crippen LogP contribution in [0.15, 0.2) is 42.0 Å². The van der Waals surface area contributed by atoms with E-state index in [1.165, 1.54) is 0 Å². The average molecular weight is 346 g/mol. The lowest BCUT2D eigenvalue weighted by atomic mass is 9.90. The van der Waals surface area contributed by atoms with Crippen LogP contribution in [0.2, 0.25) is 0 Å². The molecule has 0 fully saturated rings. The molecule has 0 aliphatic carbocycles. The minimum atomic E-state index is -0.904. The number of ketones is 1. The SMILES string of the molecule is CCC[C@@H](C)/C=C(\C)[C@@H](O)[C@@H](C)C(=O)[C@H](C)OC(=O)c1ccccc1. The smallest absolute Gasteiger partial charge is 0.338 e. The van der Waals surface area contributed by atoms with Gasteiger partial charge in [0.25, 0.3) is 0 Å². The predicted octanol–water partition coefficient (Wildman–Crippen LogP) is 4.18. The van der Waals surface area contributed by atoms with Gasteiger partial charge in [-0.2, -0.15) is 0 Å². The molecule has 0 spiro atoms. The summed E-state index contributed by atoms with van der Waals surface area (Å²) in [6, 6.07) is 8.56. The number of hydrogen-bond acceptors (Lipinski definition) is 4. The lowest BCUT2D eigenvalue weighted by molar-refractivity contribution is -0.133. The van der Waals surface area contributed by atoms with E-state index in [0.29, 0.717) is 11.5 Å². The van der Waals surface area contributed by atoms with Crippen LogP contribution >= 0.6 is 0 Å². The first kappa shape index (κ1) is 21.1. The summed E-state index contributed by atoms with van der Waals surface area (Å²) in [4.78, 5) is 24.6. The number of carbonyl (C=O) groups is 2. The van der Waals surface area contributed by atoms with Gasteiger partial charge in [0, 0.05) is 5.92 Å². The number of hydrogen-bond donors (Lipinski definition) is 1. The number of aliphatic hydroxyl groups excluding tert-OH is 1. The van der Waals surface area contributed by atoms with Crippen molar-refractivity contribution in [2.45, 2.75) is 59.7 Å². The molecule has 0 aliphatic heterocycles. The third-order valence-electron chi connectivity index (χ3n) is 4.37. The second kappa shape index (κ2) is 10.1. The molecule has 4 heteroatoms. The van der Waals surface area contributed by atoms with Crippen molar-refractivity contribution in [3.63, 3.8) is 0 Å². The first-order chi connectivity index (χ1) is 11.8. The van der Waals surface area contributed by atoms with Gasteiger partial charge < -0.3 is 9.84 Å². The molecule has 0 bridgehead atoms. The highest BCUT2D eigenvalue weighted by Gasteiger charge is 2.29. The summed E-state index contributed by atoms with van der Waals surface area (Å²) in [6.45, 7) is 9.26. The molecule has 0 radical (unpaired) electrons. The summed E-state index contributed by atoms with van der Waals surface area (Å²) in [5, 5.41) is 10.4. The van der Waals surface area contributed by atoms with Crippen LogP contribution in [0.5, 0.6) is 0 Å². The second-order valence-electron chi connectivity index (χ2n) is 6.73. The molecule has 1 N–H and O–H groups in total. The van der Waals surface area contributed by atoms with Crippen LogP contribution in [-0.4, -0.2) is 29.1 Å². The summed E-state index contributed by atoms with van der Waals surface area (Å²) in [5.74, 6) is -1.10. The molecule has 0 aliphatic rings. The molecule has 0 saturated heterocycles. The first-order valence-electron chi connectivity index (χ1n) is 8.94. The Morgan fingerprint density at radius 2 is 1.76 bits per heavy atom. The average Bonchev–Trinajstić information content (AvgIpc) is 2.60. The normalized spacial score (nSPS) is 16.6. The molecule has 0 unspecified atom stereocenters. The number of carbonyl (C=O) groups excluding carboxylic acids is 2. The van der Waals surface area contributed by atoms with Crippen LogP contribution in [-0.2, 0) is 9.53 Å². The summed E-state index contributed by atoms with van der Waals surface area (Å²) < 4.78 is 5.25. The molecular formula is C21H30O4. The van der Waals surface area contributed by atoms with Crippen molar-refractivity contribution in [3.8, 4) is 0 Å². The van der Waals surface area contributed by atoms with Crippen LogP contribution in [0.25, 0.3) is 0 Å². The van der Waals surface area contributed by atoms with Gasteiger partial charge in [-0.15, -0.1) is 0 Å². The zero-order valence-corrected chi connectivity index (χ0v) is 15.9. The van der Waals surface area contributed by atoms with Crippen molar-refractivity contribution >= 4 is 11.8 Å². The number of aliphatic hydroxyl groups is 1. The Morgan fingerprint density at radius 1 is 1.16 bits per heavy atom. The maximum atomic E-state index is 12.5. The molecule has 25 heavy (non-hydrogen) atoms. The van der Waals surface area contributed by atoms with E-state index < -0.39 is 24.1 Å². The van der Waals surface area contributed by atoms with Gasteiger partial charge in [0.15, 0.2) is 11.9 Å². The van der Waals surface area contributed by atoms with Gasteiger partial charge in [0.2, 0.25) is 0 Å². The maximum absolute atomic E-state index is 12.5. The Labute approximate surface area is 150 Å². The van der Waals surface area contributed by atoms with Crippen molar-refractivity contribution in [1.29, 1.82) is 0 Å². The molecule has 4 atom stereocenters. The monoisotopic (exact) mass is 346 g/mol. The highest BCUT2D eigenvalue weighted by atomic mass is 16.5. The third kappa shape index (κ3) is 6.46. The Balaban J connectivity index is 2.69.